The monoisotopic (exact) mass is 363 g/mol. The zero-order chi connectivity index (χ0) is 11.7. The van der Waals surface area contributed by atoms with E-state index in [0.717, 1.165) is 19.0 Å². The lowest BCUT2D eigenvalue weighted by atomic mass is 9.68. The normalized spacial score (nSPS) is 25.8. The van der Waals surface area contributed by atoms with Crippen molar-refractivity contribution in [3.63, 3.8) is 0 Å². The molecule has 0 unspecified atom stereocenters. The maximum Gasteiger partial charge on any atom is 0.193 e. The van der Waals surface area contributed by atoms with Crippen LogP contribution in [0.2, 0.25) is 0 Å². The van der Waals surface area contributed by atoms with Crippen LogP contribution in [0.5, 0.6) is 0 Å². The third kappa shape index (κ3) is 3.11. The molecule has 0 aromatic heterocycles. The van der Waals surface area contributed by atoms with Gasteiger partial charge >= 0.3 is 0 Å². The second-order valence-corrected chi connectivity index (χ2v) is 6.16. The Balaban J connectivity index is 0.00000120. The van der Waals surface area contributed by atoms with E-state index < -0.39 is 0 Å². The van der Waals surface area contributed by atoms with Crippen LogP contribution in [-0.4, -0.2) is 37.0 Å². The first-order valence-electron chi connectivity index (χ1n) is 7.35. The molecule has 3 rings (SSSR count). The number of likely N-dealkylation sites (tertiary alicyclic amines) is 1. The van der Waals surface area contributed by atoms with Gasteiger partial charge in [0.25, 0.3) is 0 Å². The van der Waals surface area contributed by atoms with Crippen molar-refractivity contribution >= 4 is 29.9 Å². The van der Waals surface area contributed by atoms with E-state index in [1.807, 2.05) is 0 Å². The van der Waals surface area contributed by atoms with Crippen LogP contribution >= 0.6 is 24.0 Å². The minimum absolute atomic E-state index is 0. The third-order valence-electron chi connectivity index (χ3n) is 4.68. The van der Waals surface area contributed by atoms with Gasteiger partial charge in [0.2, 0.25) is 0 Å². The van der Waals surface area contributed by atoms with Crippen molar-refractivity contribution in [2.24, 2.45) is 16.3 Å². The Labute approximate surface area is 128 Å². The van der Waals surface area contributed by atoms with Gasteiger partial charge in [-0.3, -0.25) is 4.99 Å². The van der Waals surface area contributed by atoms with E-state index >= 15 is 0 Å². The van der Waals surface area contributed by atoms with Crippen LogP contribution in [0.1, 0.15) is 45.4 Å². The summed E-state index contributed by atoms with van der Waals surface area (Å²) in [5, 5.41) is 3.47. The zero-order valence-electron chi connectivity index (χ0n) is 11.5. The zero-order valence-corrected chi connectivity index (χ0v) is 13.8. The number of rotatable bonds is 3. The summed E-state index contributed by atoms with van der Waals surface area (Å²) < 4.78 is 0. The van der Waals surface area contributed by atoms with Crippen molar-refractivity contribution in [2.45, 2.75) is 45.4 Å². The average Bonchev–Trinajstić information content (AvgIpc) is 2.99. The Kier molecular flexibility index (Phi) is 4.78. The summed E-state index contributed by atoms with van der Waals surface area (Å²) in [6, 6.07) is 0. The molecule has 3 aliphatic rings. The first kappa shape index (κ1) is 14.4. The summed E-state index contributed by atoms with van der Waals surface area (Å²) in [7, 11) is 0. The first-order valence-corrected chi connectivity index (χ1v) is 7.35. The quantitative estimate of drug-likeness (QED) is 0.474. The minimum Gasteiger partial charge on any atom is -0.357 e. The highest BCUT2D eigenvalue weighted by Gasteiger charge is 2.43. The number of nitrogens with zero attached hydrogens (tertiary/aromatic N) is 2. The van der Waals surface area contributed by atoms with Gasteiger partial charge in [0.1, 0.15) is 0 Å². The molecule has 2 saturated carbocycles. The van der Waals surface area contributed by atoms with Crippen LogP contribution in [0.3, 0.4) is 0 Å². The standard InChI is InChI=1S/C14H25N3.HI/c1-2-15-13(16-10-12-4-5-12)17-9-8-14(11-17)6-3-7-14;/h12H,2-11H2,1H3,(H,15,16);1H. The molecule has 0 aromatic carbocycles. The Bertz CT molecular complexity index is 308. The summed E-state index contributed by atoms with van der Waals surface area (Å²) in [6.45, 7) is 6.68. The molecule has 104 valence electrons. The fourth-order valence-electron chi connectivity index (χ4n) is 3.14. The van der Waals surface area contributed by atoms with Crippen molar-refractivity contribution in [1.29, 1.82) is 0 Å². The van der Waals surface area contributed by atoms with E-state index in [4.69, 9.17) is 4.99 Å². The van der Waals surface area contributed by atoms with Crippen LogP contribution in [0.4, 0.5) is 0 Å². The molecule has 1 heterocycles. The largest absolute Gasteiger partial charge is 0.357 e. The Morgan fingerprint density at radius 1 is 1.33 bits per heavy atom. The number of halogens is 1. The van der Waals surface area contributed by atoms with Gasteiger partial charge in [-0.1, -0.05) is 6.42 Å². The summed E-state index contributed by atoms with van der Waals surface area (Å²) in [5.74, 6) is 2.08. The molecule has 3 nitrogen and oxygen atoms in total. The maximum absolute atomic E-state index is 4.81. The Morgan fingerprint density at radius 3 is 2.61 bits per heavy atom. The van der Waals surface area contributed by atoms with Crippen molar-refractivity contribution in [1.82, 2.24) is 10.2 Å². The second kappa shape index (κ2) is 5.97. The molecule has 0 radical (unpaired) electrons. The van der Waals surface area contributed by atoms with Crippen molar-refractivity contribution < 1.29 is 0 Å². The predicted octanol–water partition coefficient (Wildman–Crippen LogP) is 2.86. The van der Waals surface area contributed by atoms with Gasteiger partial charge in [0.15, 0.2) is 5.96 Å². The van der Waals surface area contributed by atoms with Crippen molar-refractivity contribution in [3.05, 3.63) is 0 Å². The highest BCUT2D eigenvalue weighted by molar-refractivity contribution is 14.0. The lowest BCUT2D eigenvalue weighted by molar-refractivity contribution is 0.151. The van der Waals surface area contributed by atoms with Crippen LogP contribution in [0.15, 0.2) is 4.99 Å². The fourth-order valence-corrected chi connectivity index (χ4v) is 3.14. The number of hydrogen-bond donors (Lipinski definition) is 1. The van der Waals surface area contributed by atoms with Crippen LogP contribution in [-0.2, 0) is 0 Å². The summed E-state index contributed by atoms with van der Waals surface area (Å²) >= 11 is 0. The minimum atomic E-state index is 0. The first-order chi connectivity index (χ1) is 8.31. The van der Waals surface area contributed by atoms with E-state index in [1.54, 1.807) is 0 Å². The van der Waals surface area contributed by atoms with E-state index in [-0.39, 0.29) is 24.0 Å². The smallest absolute Gasteiger partial charge is 0.193 e. The van der Waals surface area contributed by atoms with E-state index in [1.165, 1.54) is 57.6 Å². The average molecular weight is 363 g/mol. The van der Waals surface area contributed by atoms with E-state index in [9.17, 15) is 0 Å². The Hall–Kier alpha value is 0. The molecule has 0 amide bonds. The molecule has 0 aromatic rings. The van der Waals surface area contributed by atoms with Gasteiger partial charge in [-0.15, -0.1) is 24.0 Å². The van der Waals surface area contributed by atoms with Gasteiger partial charge in [0.05, 0.1) is 0 Å². The van der Waals surface area contributed by atoms with Crippen LogP contribution in [0, 0.1) is 11.3 Å². The number of nitrogens with one attached hydrogen (secondary N) is 1. The maximum atomic E-state index is 4.81. The molecular weight excluding hydrogens is 337 g/mol. The summed E-state index contributed by atoms with van der Waals surface area (Å²) in [6.07, 6.45) is 8.53. The molecule has 18 heavy (non-hydrogen) atoms. The molecule has 1 spiro atoms. The van der Waals surface area contributed by atoms with Crippen LogP contribution < -0.4 is 5.32 Å². The van der Waals surface area contributed by atoms with E-state index in [2.05, 4.69) is 17.1 Å². The van der Waals surface area contributed by atoms with Gasteiger partial charge in [0, 0.05) is 26.2 Å². The van der Waals surface area contributed by atoms with Gasteiger partial charge in [-0.25, -0.2) is 0 Å². The topological polar surface area (TPSA) is 27.6 Å². The molecular formula is C14H26IN3. The highest BCUT2D eigenvalue weighted by atomic mass is 127. The summed E-state index contributed by atoms with van der Waals surface area (Å²) in [5.41, 5.74) is 0.676. The molecule has 4 heteroatoms. The fraction of sp³-hybridized carbons (Fsp3) is 0.929. The number of guanidine groups is 1. The number of aliphatic imine (C=N–C) groups is 1. The van der Waals surface area contributed by atoms with Gasteiger partial charge in [-0.2, -0.15) is 0 Å². The van der Waals surface area contributed by atoms with Crippen molar-refractivity contribution in [3.8, 4) is 0 Å². The van der Waals surface area contributed by atoms with E-state index in [0.29, 0.717) is 5.41 Å². The Morgan fingerprint density at radius 2 is 2.11 bits per heavy atom. The lowest BCUT2D eigenvalue weighted by Crippen LogP contribution is -2.42. The number of hydrogen-bond acceptors (Lipinski definition) is 1. The van der Waals surface area contributed by atoms with Gasteiger partial charge < -0.3 is 10.2 Å². The molecule has 0 atom stereocenters. The molecule has 2 aliphatic carbocycles. The highest BCUT2D eigenvalue weighted by Crippen LogP contribution is 2.47. The van der Waals surface area contributed by atoms with Crippen molar-refractivity contribution in [2.75, 3.05) is 26.2 Å². The lowest BCUT2D eigenvalue weighted by Gasteiger charge is -2.38. The molecule has 3 fully saturated rings. The molecule has 0 bridgehead atoms. The molecule has 1 saturated heterocycles. The second-order valence-electron chi connectivity index (χ2n) is 6.16. The SMILES string of the molecule is CCNC(=NCC1CC1)N1CCC2(CCC2)C1.I. The van der Waals surface area contributed by atoms with Gasteiger partial charge in [-0.05, 0) is 50.4 Å². The molecule has 1 N–H and O–H groups in total. The van der Waals surface area contributed by atoms with Crippen LogP contribution in [0.25, 0.3) is 0 Å². The third-order valence-corrected chi connectivity index (χ3v) is 4.68. The molecule has 1 aliphatic heterocycles. The summed E-state index contributed by atoms with van der Waals surface area (Å²) in [4.78, 5) is 7.32. The predicted molar refractivity (Wildman–Crippen MR) is 86.6 cm³/mol.